The van der Waals surface area contributed by atoms with Crippen molar-refractivity contribution in [3.05, 3.63) is 143 Å². The smallest absolute Gasteiger partial charge is 0.186 e. The molecule has 0 aromatic carbocycles. The average molecular weight is 1460 g/mol. The highest BCUT2D eigenvalue weighted by molar-refractivity contribution is 5.39. The maximum atomic E-state index is 6.87. The average Bonchev–Trinajstić information content (AvgIpc) is 1.61. The molecule has 8 nitrogen and oxygen atoms in total. The van der Waals surface area contributed by atoms with E-state index in [0.29, 0.717) is 60.4 Å². The van der Waals surface area contributed by atoms with Crippen LogP contribution in [0.2, 0.25) is 0 Å². The SMILES string of the molecule is C=C1CCC(O/C=C/COCC2O[C@@H](OC)C(OC/C=C/OC3CCC(=C)/C(=C\C=C4\CCCC5(C)C4CCC5C(C)CCCC(C)C)C3)[C@@H](OC/C=C/OC3CCC(=C)/C(=C\C=C4/CCCC5(C)C4CCC5C(C)CCCC(C)C)C3)[C@@H]2C)C/C1=C/C=C1/CCCC2(C)C1CCC2C(C)CCCC(C)C. The molecule has 8 heteroatoms. The van der Waals surface area contributed by atoms with Gasteiger partial charge in [0.05, 0.1) is 57.4 Å². The van der Waals surface area contributed by atoms with E-state index in [9.17, 15) is 0 Å². The topological polar surface area (TPSA) is 73.8 Å². The number of allylic oxidation sites excluding steroid dienone is 12. The van der Waals surface area contributed by atoms with E-state index in [-0.39, 0.29) is 36.4 Å². The van der Waals surface area contributed by atoms with E-state index in [1.165, 1.54) is 188 Å². The van der Waals surface area contributed by atoms with Crippen LogP contribution in [0.15, 0.2) is 143 Å². The lowest BCUT2D eigenvalue weighted by atomic mass is 9.60. The molecule has 10 fully saturated rings. The van der Waals surface area contributed by atoms with Gasteiger partial charge in [-0.3, -0.25) is 0 Å². The van der Waals surface area contributed by atoms with E-state index in [1.807, 2.05) is 37.0 Å². The number of ether oxygens (including phenoxy) is 8. The first kappa shape index (κ1) is 84.5. The lowest BCUT2D eigenvalue weighted by molar-refractivity contribution is -0.296. The summed E-state index contributed by atoms with van der Waals surface area (Å²) >= 11 is 0. The number of methoxy groups -OCH3 is 1. The number of hydrogen-bond donors (Lipinski definition) is 0. The standard InChI is InChI=1S/C98H154O8/c1-67(2)27-18-30-73(10)86-48-51-89-77(33-21-54-96(86,89)14)39-42-80-63-83(45-36-70(80)7)101-58-24-57-100-66-92-76(13)93(104-61-25-59-102-84-46-37-71(8)81(64-84)43-40-78-34-22-55-97(15)87(49-52-90(78)97)74(11)31-19-28-68(3)4)94(95(99-17)106-92)105-62-26-60-103-85-47-38-72(9)82(65-85)44-41-79-35-23-56-98(16)88(50-53-91(79)98)75(12)32-20-29-69(5)6/h24-26,39-44,58-60,67-69,73-76,83-95H,7-9,18-23,27-38,45-57,61-66H2,1-6,10-17H3/b58-24+,59-25+,60-26+,77-39-,78-40+,79-41-,80-42-,81-43-,82-44-/t73?,74?,75?,76-,83?,84?,85?,86?,87?,88?,89?,90?,91?,92?,93+,94?,95-,96?,97?,98?/m1/s1. The Morgan fingerprint density at radius 2 is 0.783 bits per heavy atom. The Hall–Kier alpha value is -3.92. The van der Waals surface area contributed by atoms with Crippen molar-refractivity contribution >= 4 is 0 Å². The Labute approximate surface area is 649 Å². The predicted molar refractivity (Wildman–Crippen MR) is 443 cm³/mol. The van der Waals surface area contributed by atoms with Crippen molar-refractivity contribution in [3.63, 3.8) is 0 Å². The fourth-order valence-corrected chi connectivity index (χ4v) is 23.3. The predicted octanol–water partition coefficient (Wildman–Crippen LogP) is 26.3. The van der Waals surface area contributed by atoms with Gasteiger partial charge in [-0.25, -0.2) is 0 Å². The lowest BCUT2D eigenvalue weighted by Crippen LogP contribution is -2.57. The minimum absolute atomic E-state index is 0.0821. The van der Waals surface area contributed by atoms with Crippen molar-refractivity contribution in [3.8, 4) is 0 Å². The molecule has 0 radical (unpaired) electrons. The van der Waals surface area contributed by atoms with Gasteiger partial charge in [0.2, 0.25) is 0 Å². The molecule has 0 N–H and O–H groups in total. The minimum Gasteiger partial charge on any atom is -0.498 e. The van der Waals surface area contributed by atoms with Crippen LogP contribution in [-0.4, -0.2) is 76.5 Å². The molecule has 9 aliphatic carbocycles. The second kappa shape index (κ2) is 40.5. The maximum absolute atomic E-state index is 6.87. The zero-order valence-electron chi connectivity index (χ0n) is 70.0. The molecule has 9 saturated carbocycles. The van der Waals surface area contributed by atoms with Gasteiger partial charge in [-0.15, -0.1) is 0 Å². The van der Waals surface area contributed by atoms with Crippen LogP contribution in [0.5, 0.6) is 0 Å². The molecule has 0 spiro atoms. The highest BCUT2D eigenvalue weighted by atomic mass is 16.7. The summed E-state index contributed by atoms with van der Waals surface area (Å²) < 4.78 is 52.4. The summed E-state index contributed by atoms with van der Waals surface area (Å²) in [5.41, 5.74) is 14.1. The molecule has 10 rings (SSSR count). The Morgan fingerprint density at radius 3 is 1.13 bits per heavy atom. The Kier molecular flexibility index (Phi) is 32.3. The monoisotopic (exact) mass is 1460 g/mol. The summed E-state index contributed by atoms with van der Waals surface area (Å²) in [4.78, 5) is 0. The van der Waals surface area contributed by atoms with Crippen molar-refractivity contribution in [2.45, 2.75) is 345 Å². The van der Waals surface area contributed by atoms with E-state index in [1.54, 1.807) is 23.8 Å². The van der Waals surface area contributed by atoms with Gasteiger partial charge in [-0.05, 0) is 257 Å². The number of hydrogen-bond acceptors (Lipinski definition) is 8. The molecule has 20 atom stereocenters. The summed E-state index contributed by atoms with van der Waals surface area (Å²) in [5, 5.41) is 0. The summed E-state index contributed by atoms with van der Waals surface area (Å²) in [6.07, 6.45) is 65.3. The van der Waals surface area contributed by atoms with E-state index in [0.717, 1.165) is 111 Å². The summed E-state index contributed by atoms with van der Waals surface area (Å²) in [5.74, 6) is 9.31. The van der Waals surface area contributed by atoms with Crippen LogP contribution in [0.3, 0.4) is 0 Å². The Balaban J connectivity index is 0.734. The molecule has 0 aromatic heterocycles. The quantitative estimate of drug-likeness (QED) is 0.0459. The van der Waals surface area contributed by atoms with Crippen molar-refractivity contribution < 1.29 is 37.9 Å². The Morgan fingerprint density at radius 1 is 0.434 bits per heavy atom. The third kappa shape index (κ3) is 22.1. The molecule has 106 heavy (non-hydrogen) atoms. The van der Waals surface area contributed by atoms with E-state index < -0.39 is 12.4 Å². The first-order valence-electron chi connectivity index (χ1n) is 44.1. The highest BCUT2D eigenvalue weighted by Crippen LogP contribution is 2.63. The second-order valence-electron chi connectivity index (χ2n) is 38.2. The fourth-order valence-electron chi connectivity index (χ4n) is 23.3. The van der Waals surface area contributed by atoms with Crippen LogP contribution in [0, 0.1) is 93.2 Å². The molecule has 17 unspecified atom stereocenters. The zero-order valence-corrected chi connectivity index (χ0v) is 70.0. The van der Waals surface area contributed by atoms with Crippen LogP contribution >= 0.6 is 0 Å². The molecule has 0 amide bonds. The van der Waals surface area contributed by atoms with Crippen LogP contribution in [-0.2, 0) is 37.9 Å². The first-order chi connectivity index (χ1) is 51.0. The molecule has 0 bridgehead atoms. The van der Waals surface area contributed by atoms with Gasteiger partial charge >= 0.3 is 0 Å². The summed E-state index contributed by atoms with van der Waals surface area (Å²) in [6.45, 7) is 47.1. The van der Waals surface area contributed by atoms with E-state index in [4.69, 9.17) is 37.9 Å². The van der Waals surface area contributed by atoms with Crippen LogP contribution in [0.25, 0.3) is 0 Å². The van der Waals surface area contributed by atoms with Gasteiger partial charge in [0.1, 0.15) is 24.4 Å². The Bertz CT molecular complexity index is 3110. The maximum Gasteiger partial charge on any atom is 0.186 e. The number of fused-ring (bicyclic) bond motifs is 3. The minimum atomic E-state index is -0.675. The van der Waals surface area contributed by atoms with Crippen molar-refractivity contribution in [2.75, 3.05) is 33.5 Å². The summed E-state index contributed by atoms with van der Waals surface area (Å²) in [7, 11) is 1.70. The van der Waals surface area contributed by atoms with Gasteiger partial charge in [0, 0.05) is 32.3 Å². The van der Waals surface area contributed by atoms with Gasteiger partial charge in [0.15, 0.2) is 6.29 Å². The van der Waals surface area contributed by atoms with Crippen LogP contribution < -0.4 is 0 Å². The molecular formula is C98H154O8. The molecule has 0 aromatic rings. The number of rotatable bonds is 35. The third-order valence-corrected chi connectivity index (χ3v) is 29.6. The normalized spacial score (nSPS) is 37.2. The molecule has 1 heterocycles. The highest BCUT2D eigenvalue weighted by Gasteiger charge is 2.54. The van der Waals surface area contributed by atoms with Gasteiger partial charge < -0.3 is 37.9 Å². The van der Waals surface area contributed by atoms with Crippen molar-refractivity contribution in [2.24, 2.45) is 93.2 Å². The molecule has 1 saturated heterocycles. The second-order valence-corrected chi connectivity index (χ2v) is 38.2. The third-order valence-electron chi connectivity index (χ3n) is 29.6. The fraction of sp³-hybridized carbons (Fsp3) is 0.755. The molecule has 1 aliphatic heterocycles. The van der Waals surface area contributed by atoms with Gasteiger partial charge in [0.25, 0.3) is 0 Å². The molecule has 594 valence electrons. The largest absolute Gasteiger partial charge is 0.498 e. The van der Waals surface area contributed by atoms with Crippen LogP contribution in [0.4, 0.5) is 0 Å². The first-order valence-corrected chi connectivity index (χ1v) is 44.1. The molecule has 10 aliphatic rings. The van der Waals surface area contributed by atoms with Crippen molar-refractivity contribution in [1.29, 1.82) is 0 Å². The van der Waals surface area contributed by atoms with Crippen LogP contribution in [0.1, 0.15) is 302 Å². The zero-order chi connectivity index (χ0) is 75.5. The molecular weight excluding hydrogens is 1310 g/mol. The van der Waals surface area contributed by atoms with Gasteiger partial charge in [-0.2, -0.15) is 0 Å². The van der Waals surface area contributed by atoms with E-state index >= 15 is 0 Å². The lowest BCUT2D eigenvalue weighted by Gasteiger charge is -2.44. The summed E-state index contributed by atoms with van der Waals surface area (Å²) in [6, 6.07) is 0. The van der Waals surface area contributed by atoms with Gasteiger partial charge in [-0.1, -0.05) is 237 Å². The van der Waals surface area contributed by atoms with E-state index in [2.05, 4.69) is 146 Å². The van der Waals surface area contributed by atoms with Crippen molar-refractivity contribution in [1.82, 2.24) is 0 Å².